The first kappa shape index (κ1) is 12.9. The van der Waals surface area contributed by atoms with Crippen molar-refractivity contribution in [1.29, 1.82) is 0 Å². The van der Waals surface area contributed by atoms with Gasteiger partial charge in [0.1, 0.15) is 0 Å². The van der Waals surface area contributed by atoms with Crippen LogP contribution in [0, 0.1) is 0 Å². The molecule has 0 bridgehead atoms. The summed E-state index contributed by atoms with van der Waals surface area (Å²) >= 11 is 5.81. The number of hydrogen-bond donors (Lipinski definition) is 1. The van der Waals surface area contributed by atoms with E-state index in [4.69, 9.17) is 11.6 Å². The van der Waals surface area contributed by atoms with Crippen LogP contribution in [0.5, 0.6) is 0 Å². The summed E-state index contributed by atoms with van der Waals surface area (Å²) in [6.45, 7) is 3.80. The van der Waals surface area contributed by atoms with E-state index in [-0.39, 0.29) is 5.91 Å². The highest BCUT2D eigenvalue weighted by Crippen LogP contribution is 2.16. The second kappa shape index (κ2) is 4.99. The van der Waals surface area contributed by atoms with E-state index in [0.29, 0.717) is 11.4 Å². The molecule has 0 fully saturated rings. The molecule has 2 aromatic rings. The van der Waals surface area contributed by atoms with Crippen molar-refractivity contribution in [3.05, 3.63) is 48.0 Å². The number of carbonyl (C=O) groups excluding carboxylic acids is 1. The lowest BCUT2D eigenvalue weighted by atomic mass is 10.0. The molecule has 1 amide bonds. The van der Waals surface area contributed by atoms with Crippen LogP contribution in [0.4, 0.5) is 0 Å². The van der Waals surface area contributed by atoms with Crippen LogP contribution in [0.25, 0.3) is 10.8 Å². The van der Waals surface area contributed by atoms with Crippen LogP contribution in [-0.4, -0.2) is 17.3 Å². The standard InChI is InChI=1S/C15H16ClNO/c1-15(2,10-16)17-14(18)13-8-7-11-5-3-4-6-12(11)9-13/h3-9H,10H2,1-2H3,(H,17,18). The van der Waals surface area contributed by atoms with Crippen LogP contribution in [0.2, 0.25) is 0 Å². The van der Waals surface area contributed by atoms with Gasteiger partial charge in [-0.15, -0.1) is 11.6 Å². The molecular formula is C15H16ClNO. The highest BCUT2D eigenvalue weighted by Gasteiger charge is 2.19. The Kier molecular flexibility index (Phi) is 3.58. The van der Waals surface area contributed by atoms with E-state index in [2.05, 4.69) is 5.32 Å². The zero-order chi connectivity index (χ0) is 13.2. The molecule has 94 valence electrons. The lowest BCUT2D eigenvalue weighted by Gasteiger charge is -2.23. The lowest BCUT2D eigenvalue weighted by Crippen LogP contribution is -2.44. The minimum absolute atomic E-state index is 0.0913. The van der Waals surface area contributed by atoms with Crippen LogP contribution in [0.15, 0.2) is 42.5 Å². The van der Waals surface area contributed by atoms with Gasteiger partial charge in [-0.2, -0.15) is 0 Å². The number of alkyl halides is 1. The Morgan fingerprint density at radius 1 is 1.17 bits per heavy atom. The third kappa shape index (κ3) is 2.82. The van der Waals surface area contributed by atoms with Crippen molar-refractivity contribution in [3.63, 3.8) is 0 Å². The molecule has 3 heteroatoms. The SMILES string of the molecule is CC(C)(CCl)NC(=O)c1ccc2ccccc2c1. The number of amides is 1. The first-order valence-electron chi connectivity index (χ1n) is 5.89. The molecule has 1 N–H and O–H groups in total. The topological polar surface area (TPSA) is 29.1 Å². The highest BCUT2D eigenvalue weighted by atomic mass is 35.5. The van der Waals surface area contributed by atoms with Gasteiger partial charge < -0.3 is 5.32 Å². The molecule has 0 aromatic heterocycles. The molecule has 2 nitrogen and oxygen atoms in total. The van der Waals surface area contributed by atoms with E-state index in [1.165, 1.54) is 0 Å². The van der Waals surface area contributed by atoms with Crippen molar-refractivity contribution in [2.24, 2.45) is 0 Å². The van der Waals surface area contributed by atoms with Gasteiger partial charge in [0.15, 0.2) is 0 Å². The maximum Gasteiger partial charge on any atom is 0.251 e. The van der Waals surface area contributed by atoms with Gasteiger partial charge >= 0.3 is 0 Å². The predicted octanol–water partition coefficient (Wildman–Crippen LogP) is 3.59. The number of fused-ring (bicyclic) bond motifs is 1. The molecule has 2 rings (SSSR count). The van der Waals surface area contributed by atoms with E-state index in [9.17, 15) is 4.79 Å². The van der Waals surface area contributed by atoms with Crippen molar-refractivity contribution in [2.75, 3.05) is 5.88 Å². The number of hydrogen-bond acceptors (Lipinski definition) is 1. The molecule has 0 saturated carbocycles. The minimum Gasteiger partial charge on any atom is -0.346 e. The molecule has 0 saturated heterocycles. The van der Waals surface area contributed by atoms with E-state index in [1.807, 2.05) is 56.3 Å². The molecule has 2 aromatic carbocycles. The van der Waals surface area contributed by atoms with Gasteiger partial charge in [-0.1, -0.05) is 30.3 Å². The van der Waals surface area contributed by atoms with E-state index in [1.54, 1.807) is 0 Å². The number of carbonyl (C=O) groups is 1. The summed E-state index contributed by atoms with van der Waals surface area (Å²) in [7, 11) is 0. The fourth-order valence-electron chi connectivity index (χ4n) is 1.74. The fourth-order valence-corrected chi connectivity index (χ4v) is 1.81. The van der Waals surface area contributed by atoms with Gasteiger partial charge in [-0.3, -0.25) is 4.79 Å². The fraction of sp³-hybridized carbons (Fsp3) is 0.267. The summed E-state index contributed by atoms with van der Waals surface area (Å²) < 4.78 is 0. The zero-order valence-electron chi connectivity index (χ0n) is 10.5. The second-order valence-electron chi connectivity index (χ2n) is 5.03. The smallest absolute Gasteiger partial charge is 0.251 e. The predicted molar refractivity (Wildman–Crippen MR) is 76.2 cm³/mol. The Labute approximate surface area is 112 Å². The summed E-state index contributed by atoms with van der Waals surface area (Å²) in [4.78, 5) is 12.1. The maximum absolute atomic E-state index is 12.1. The molecular weight excluding hydrogens is 246 g/mol. The van der Waals surface area contributed by atoms with Crippen LogP contribution >= 0.6 is 11.6 Å². The molecule has 0 atom stereocenters. The summed E-state index contributed by atoms with van der Waals surface area (Å²) in [6.07, 6.45) is 0. The van der Waals surface area contributed by atoms with Crippen molar-refractivity contribution in [1.82, 2.24) is 5.32 Å². The first-order valence-corrected chi connectivity index (χ1v) is 6.42. The normalized spacial score (nSPS) is 11.5. The van der Waals surface area contributed by atoms with Gasteiger partial charge in [-0.05, 0) is 36.8 Å². The minimum atomic E-state index is -0.399. The molecule has 0 heterocycles. The number of rotatable bonds is 3. The Morgan fingerprint density at radius 3 is 2.50 bits per heavy atom. The van der Waals surface area contributed by atoms with Crippen LogP contribution in [0.3, 0.4) is 0 Å². The van der Waals surface area contributed by atoms with Crippen LogP contribution in [-0.2, 0) is 0 Å². The summed E-state index contributed by atoms with van der Waals surface area (Å²) in [5.41, 5.74) is 0.261. The first-order chi connectivity index (χ1) is 8.52. The van der Waals surface area contributed by atoms with Crippen molar-refractivity contribution in [2.45, 2.75) is 19.4 Å². The Bertz CT molecular complexity index is 577. The average molecular weight is 262 g/mol. The number of halogens is 1. The van der Waals surface area contributed by atoms with E-state index < -0.39 is 5.54 Å². The molecule has 0 aliphatic carbocycles. The van der Waals surface area contributed by atoms with E-state index in [0.717, 1.165) is 10.8 Å². The molecule has 0 unspecified atom stereocenters. The molecule has 0 spiro atoms. The summed E-state index contributed by atoms with van der Waals surface area (Å²) in [5, 5.41) is 5.11. The van der Waals surface area contributed by atoms with Gasteiger partial charge in [0.05, 0.1) is 0 Å². The summed E-state index contributed by atoms with van der Waals surface area (Å²) in [6, 6.07) is 13.7. The van der Waals surface area contributed by atoms with Gasteiger partial charge in [0.2, 0.25) is 0 Å². The average Bonchev–Trinajstić information content (AvgIpc) is 2.37. The zero-order valence-corrected chi connectivity index (χ0v) is 11.3. The Balaban J connectivity index is 2.28. The Morgan fingerprint density at radius 2 is 1.83 bits per heavy atom. The molecule has 0 aliphatic heterocycles. The van der Waals surface area contributed by atoms with Crippen molar-refractivity contribution >= 4 is 28.3 Å². The van der Waals surface area contributed by atoms with Crippen molar-refractivity contribution < 1.29 is 4.79 Å². The molecule has 18 heavy (non-hydrogen) atoms. The van der Waals surface area contributed by atoms with Crippen molar-refractivity contribution in [3.8, 4) is 0 Å². The quantitative estimate of drug-likeness (QED) is 0.841. The van der Waals surface area contributed by atoms with Crippen LogP contribution in [0.1, 0.15) is 24.2 Å². The Hall–Kier alpha value is -1.54. The summed E-state index contributed by atoms with van der Waals surface area (Å²) in [5.74, 6) is 0.290. The largest absolute Gasteiger partial charge is 0.346 e. The second-order valence-corrected chi connectivity index (χ2v) is 5.30. The third-order valence-corrected chi connectivity index (χ3v) is 3.47. The number of benzene rings is 2. The maximum atomic E-state index is 12.1. The highest BCUT2D eigenvalue weighted by molar-refractivity contribution is 6.18. The molecule has 0 aliphatic rings. The monoisotopic (exact) mass is 261 g/mol. The molecule has 0 radical (unpaired) electrons. The van der Waals surface area contributed by atoms with E-state index >= 15 is 0 Å². The third-order valence-electron chi connectivity index (χ3n) is 2.80. The van der Waals surface area contributed by atoms with Crippen LogP contribution < -0.4 is 5.32 Å². The van der Waals surface area contributed by atoms with Gasteiger partial charge in [0, 0.05) is 17.0 Å². The number of nitrogens with one attached hydrogen (secondary N) is 1. The van der Waals surface area contributed by atoms with Gasteiger partial charge in [0.25, 0.3) is 5.91 Å². The lowest BCUT2D eigenvalue weighted by molar-refractivity contribution is 0.0920. The van der Waals surface area contributed by atoms with Gasteiger partial charge in [-0.25, -0.2) is 0 Å².